The van der Waals surface area contributed by atoms with Crippen molar-refractivity contribution in [2.45, 2.75) is 0 Å². The van der Waals surface area contributed by atoms with Crippen molar-refractivity contribution < 1.29 is 4.39 Å². The summed E-state index contributed by atoms with van der Waals surface area (Å²) in [6.07, 6.45) is 4.59. The van der Waals surface area contributed by atoms with Gasteiger partial charge < -0.3 is 0 Å². The number of aromatic nitrogens is 2. The first-order chi connectivity index (χ1) is 6.31. The van der Waals surface area contributed by atoms with Crippen LogP contribution in [-0.4, -0.2) is 9.97 Å². The van der Waals surface area contributed by atoms with Gasteiger partial charge in [-0.1, -0.05) is 12.7 Å². The van der Waals surface area contributed by atoms with Crippen LogP contribution in [0.3, 0.4) is 0 Å². The van der Waals surface area contributed by atoms with E-state index in [1.54, 1.807) is 12.1 Å². The fraction of sp³-hybridized carbons (Fsp3) is 0. The molecule has 0 N–H and O–H groups in total. The minimum Gasteiger partial charge on any atom is -0.253 e. The van der Waals surface area contributed by atoms with Crippen molar-refractivity contribution in [2.75, 3.05) is 0 Å². The average Bonchev–Trinajstić information content (AvgIpc) is 2.18. The summed E-state index contributed by atoms with van der Waals surface area (Å²) in [6, 6.07) is 3.14. The van der Waals surface area contributed by atoms with Crippen LogP contribution in [0.5, 0.6) is 0 Å². The maximum atomic E-state index is 13.3. The Hall–Kier alpha value is -1.77. The average molecular weight is 174 g/mol. The van der Waals surface area contributed by atoms with Crippen molar-refractivity contribution in [3.63, 3.8) is 0 Å². The molecule has 3 heteroatoms. The molecule has 0 bridgehead atoms. The Balaban J connectivity index is 2.84. The summed E-state index contributed by atoms with van der Waals surface area (Å²) >= 11 is 0. The third-order valence-corrected chi connectivity index (χ3v) is 1.79. The number of rotatable bonds is 1. The number of hydrogen-bond donors (Lipinski definition) is 0. The molecule has 0 atom stereocenters. The number of hydrogen-bond acceptors (Lipinski definition) is 2. The molecule has 0 saturated heterocycles. The molecule has 64 valence electrons. The third kappa shape index (κ3) is 1.28. The maximum Gasteiger partial charge on any atom is 0.151 e. The van der Waals surface area contributed by atoms with E-state index < -0.39 is 0 Å². The first-order valence-corrected chi connectivity index (χ1v) is 3.84. The topological polar surface area (TPSA) is 25.8 Å². The van der Waals surface area contributed by atoms with Crippen LogP contribution in [-0.2, 0) is 0 Å². The minimum atomic E-state index is -0.361. The summed E-state index contributed by atoms with van der Waals surface area (Å²) in [4.78, 5) is 7.88. The van der Waals surface area contributed by atoms with Crippen molar-refractivity contribution >= 4 is 17.1 Å². The van der Waals surface area contributed by atoms with E-state index in [0.717, 1.165) is 0 Å². The van der Waals surface area contributed by atoms with Crippen LogP contribution in [0, 0.1) is 5.82 Å². The predicted molar refractivity (Wildman–Crippen MR) is 49.6 cm³/mol. The number of fused-ring (bicyclic) bond motifs is 1. The zero-order chi connectivity index (χ0) is 9.26. The fourth-order valence-corrected chi connectivity index (χ4v) is 1.17. The summed E-state index contributed by atoms with van der Waals surface area (Å²) in [6.45, 7) is 3.56. The van der Waals surface area contributed by atoms with E-state index in [4.69, 9.17) is 0 Å². The molecule has 0 saturated carbocycles. The Bertz CT molecular complexity index is 465. The van der Waals surface area contributed by atoms with Crippen LogP contribution < -0.4 is 0 Å². The van der Waals surface area contributed by atoms with Gasteiger partial charge in [0.25, 0.3) is 0 Å². The molecule has 0 aliphatic rings. The molecular formula is C10H7FN2. The zero-order valence-electron chi connectivity index (χ0n) is 6.87. The van der Waals surface area contributed by atoms with Gasteiger partial charge in [-0.25, -0.2) is 9.37 Å². The molecule has 0 radical (unpaired) electrons. The fourth-order valence-electron chi connectivity index (χ4n) is 1.17. The Labute approximate surface area is 74.8 Å². The molecule has 0 aliphatic heterocycles. The van der Waals surface area contributed by atoms with Crippen LogP contribution in [0.25, 0.3) is 17.1 Å². The smallest absolute Gasteiger partial charge is 0.151 e. The van der Waals surface area contributed by atoms with Gasteiger partial charge in [-0.2, -0.15) is 0 Å². The normalized spacial score (nSPS) is 10.2. The summed E-state index contributed by atoms with van der Waals surface area (Å²) in [7, 11) is 0. The van der Waals surface area contributed by atoms with Gasteiger partial charge in [-0.15, -0.1) is 0 Å². The van der Waals surface area contributed by atoms with E-state index in [9.17, 15) is 4.39 Å². The second-order valence-corrected chi connectivity index (χ2v) is 2.63. The van der Waals surface area contributed by atoms with Crippen molar-refractivity contribution in [1.29, 1.82) is 0 Å². The van der Waals surface area contributed by atoms with Gasteiger partial charge in [0.05, 0.1) is 5.52 Å². The summed E-state index contributed by atoms with van der Waals surface area (Å²) < 4.78 is 13.3. The molecule has 0 aliphatic carbocycles. The third-order valence-electron chi connectivity index (χ3n) is 1.79. The summed E-state index contributed by atoms with van der Waals surface area (Å²) in [5.41, 5.74) is 1.57. The standard InChI is InChI=1S/C10H7FN2/c1-2-7-5-8(11)10-9(6-7)12-3-4-13-10/h2-6H,1H2. The first kappa shape index (κ1) is 7.86. The van der Waals surface area contributed by atoms with Gasteiger partial charge in [0.15, 0.2) is 5.82 Å². The largest absolute Gasteiger partial charge is 0.253 e. The lowest BCUT2D eigenvalue weighted by molar-refractivity contribution is 0.636. The van der Waals surface area contributed by atoms with Gasteiger partial charge in [-0.05, 0) is 17.7 Å². The Morgan fingerprint density at radius 1 is 1.23 bits per heavy atom. The molecular weight excluding hydrogens is 167 g/mol. The highest BCUT2D eigenvalue weighted by Crippen LogP contribution is 2.15. The van der Waals surface area contributed by atoms with Gasteiger partial charge in [-0.3, -0.25) is 4.98 Å². The molecule has 0 unspecified atom stereocenters. The number of halogens is 1. The molecule has 1 aromatic carbocycles. The second-order valence-electron chi connectivity index (χ2n) is 2.63. The molecule has 1 aromatic heterocycles. The lowest BCUT2D eigenvalue weighted by Crippen LogP contribution is -1.87. The van der Waals surface area contributed by atoms with Crippen LogP contribution in [0.4, 0.5) is 4.39 Å². The SMILES string of the molecule is C=Cc1cc(F)c2nccnc2c1. The van der Waals surface area contributed by atoms with Crippen molar-refractivity contribution in [3.8, 4) is 0 Å². The van der Waals surface area contributed by atoms with Crippen molar-refractivity contribution in [1.82, 2.24) is 9.97 Å². The predicted octanol–water partition coefficient (Wildman–Crippen LogP) is 2.41. The van der Waals surface area contributed by atoms with Crippen LogP contribution >= 0.6 is 0 Å². The van der Waals surface area contributed by atoms with Crippen LogP contribution in [0.2, 0.25) is 0 Å². The minimum absolute atomic E-state index is 0.299. The van der Waals surface area contributed by atoms with E-state index in [1.807, 2.05) is 0 Å². The lowest BCUT2D eigenvalue weighted by Gasteiger charge is -1.98. The molecule has 2 rings (SSSR count). The van der Waals surface area contributed by atoms with Gasteiger partial charge in [0.2, 0.25) is 0 Å². The van der Waals surface area contributed by atoms with E-state index in [1.165, 1.54) is 18.5 Å². The van der Waals surface area contributed by atoms with Gasteiger partial charge >= 0.3 is 0 Å². The van der Waals surface area contributed by atoms with Crippen LogP contribution in [0.1, 0.15) is 5.56 Å². The van der Waals surface area contributed by atoms with Gasteiger partial charge in [0, 0.05) is 12.4 Å². The van der Waals surface area contributed by atoms with E-state index in [0.29, 0.717) is 16.6 Å². The molecule has 0 spiro atoms. The van der Waals surface area contributed by atoms with E-state index in [2.05, 4.69) is 16.5 Å². The first-order valence-electron chi connectivity index (χ1n) is 3.84. The quantitative estimate of drug-likeness (QED) is 0.663. The van der Waals surface area contributed by atoms with E-state index >= 15 is 0 Å². The zero-order valence-corrected chi connectivity index (χ0v) is 6.87. The molecule has 0 amide bonds. The van der Waals surface area contributed by atoms with E-state index in [-0.39, 0.29) is 5.82 Å². The Morgan fingerprint density at radius 3 is 2.77 bits per heavy atom. The highest BCUT2D eigenvalue weighted by atomic mass is 19.1. The molecule has 13 heavy (non-hydrogen) atoms. The molecule has 2 aromatic rings. The maximum absolute atomic E-state index is 13.3. The lowest BCUT2D eigenvalue weighted by atomic mass is 10.2. The highest BCUT2D eigenvalue weighted by Gasteiger charge is 2.02. The monoisotopic (exact) mass is 174 g/mol. The van der Waals surface area contributed by atoms with Crippen LogP contribution in [0.15, 0.2) is 31.1 Å². The second kappa shape index (κ2) is 2.94. The number of benzene rings is 1. The molecule has 2 nitrogen and oxygen atoms in total. The number of nitrogens with zero attached hydrogens (tertiary/aromatic N) is 2. The molecule has 1 heterocycles. The Kier molecular flexibility index (Phi) is 1.77. The highest BCUT2D eigenvalue weighted by molar-refractivity contribution is 5.77. The summed E-state index contributed by atoms with van der Waals surface area (Å²) in [5.74, 6) is -0.361. The van der Waals surface area contributed by atoms with Crippen molar-refractivity contribution in [2.24, 2.45) is 0 Å². The van der Waals surface area contributed by atoms with Gasteiger partial charge in [0.1, 0.15) is 5.52 Å². The Morgan fingerprint density at radius 2 is 2.00 bits per heavy atom. The van der Waals surface area contributed by atoms with Crippen molar-refractivity contribution in [3.05, 3.63) is 42.5 Å². The molecule has 0 fully saturated rings. The summed E-state index contributed by atoms with van der Waals surface area (Å²) in [5, 5.41) is 0.